The van der Waals surface area contributed by atoms with Gasteiger partial charge in [-0.05, 0) is 26.0 Å². The van der Waals surface area contributed by atoms with Gasteiger partial charge in [0.15, 0.2) is 5.75 Å². The monoisotopic (exact) mass is 344 g/mol. The molecule has 2 rings (SSSR count). The standard InChI is InChI=1S/C14H14Cl2N2O4/c1-8(2)17-7-10(3-4-13(17)19)22-14-11(15)5-9(18(20)21)6-12(14)16/h3-8,13,19H,1-2H3. The summed E-state index contributed by atoms with van der Waals surface area (Å²) in [6.45, 7) is 3.84. The number of hydrogen-bond acceptors (Lipinski definition) is 5. The lowest BCUT2D eigenvalue weighted by Gasteiger charge is -2.31. The zero-order chi connectivity index (χ0) is 16.4. The van der Waals surface area contributed by atoms with Crippen LogP contribution in [0.3, 0.4) is 0 Å². The molecule has 1 atom stereocenters. The molecule has 6 nitrogen and oxygen atoms in total. The van der Waals surface area contributed by atoms with Crippen molar-refractivity contribution >= 4 is 28.9 Å². The van der Waals surface area contributed by atoms with E-state index in [1.807, 2.05) is 13.8 Å². The maximum atomic E-state index is 10.8. The third-order valence-electron chi connectivity index (χ3n) is 3.02. The fraction of sp³-hybridized carbons (Fsp3) is 0.286. The van der Waals surface area contributed by atoms with E-state index in [9.17, 15) is 15.2 Å². The smallest absolute Gasteiger partial charge is 0.272 e. The van der Waals surface area contributed by atoms with E-state index >= 15 is 0 Å². The fourth-order valence-corrected chi connectivity index (χ4v) is 2.48. The molecule has 0 saturated carbocycles. The number of ether oxygens (including phenoxy) is 1. The molecule has 0 amide bonds. The highest BCUT2D eigenvalue weighted by Crippen LogP contribution is 2.38. The van der Waals surface area contributed by atoms with E-state index in [1.165, 1.54) is 12.1 Å². The molecule has 8 heteroatoms. The number of halogens is 2. The number of nitrogens with zero attached hydrogens (tertiary/aromatic N) is 2. The van der Waals surface area contributed by atoms with E-state index in [0.717, 1.165) is 0 Å². The minimum atomic E-state index is -0.741. The van der Waals surface area contributed by atoms with Crippen molar-refractivity contribution in [1.82, 2.24) is 4.90 Å². The number of rotatable bonds is 4. The Bertz CT molecular complexity index is 635. The molecular formula is C14H14Cl2N2O4. The third-order valence-corrected chi connectivity index (χ3v) is 3.59. The molecule has 1 heterocycles. The Labute approximate surface area is 137 Å². The van der Waals surface area contributed by atoms with Gasteiger partial charge < -0.3 is 14.7 Å². The Morgan fingerprint density at radius 1 is 1.36 bits per heavy atom. The van der Waals surface area contributed by atoms with Gasteiger partial charge in [-0.1, -0.05) is 23.2 Å². The summed E-state index contributed by atoms with van der Waals surface area (Å²) in [6.07, 6.45) is 4.03. The number of aliphatic hydroxyl groups is 1. The number of allylic oxidation sites excluding steroid dienone is 1. The second kappa shape index (κ2) is 6.56. The van der Waals surface area contributed by atoms with Crippen LogP contribution in [0.2, 0.25) is 10.0 Å². The van der Waals surface area contributed by atoms with Crippen LogP contribution in [0.5, 0.6) is 5.75 Å². The van der Waals surface area contributed by atoms with Crippen LogP contribution in [0.1, 0.15) is 13.8 Å². The van der Waals surface area contributed by atoms with E-state index in [0.29, 0.717) is 5.76 Å². The van der Waals surface area contributed by atoms with Gasteiger partial charge >= 0.3 is 0 Å². The molecule has 1 N–H and O–H groups in total. The van der Waals surface area contributed by atoms with E-state index < -0.39 is 11.2 Å². The van der Waals surface area contributed by atoms with Gasteiger partial charge in [0.2, 0.25) is 0 Å². The van der Waals surface area contributed by atoms with Gasteiger partial charge in [-0.15, -0.1) is 0 Å². The lowest BCUT2D eigenvalue weighted by Crippen LogP contribution is -2.36. The van der Waals surface area contributed by atoms with Crippen LogP contribution in [0.15, 0.2) is 36.2 Å². The Balaban J connectivity index is 2.30. The summed E-state index contributed by atoms with van der Waals surface area (Å²) < 4.78 is 5.62. The molecule has 0 aromatic heterocycles. The van der Waals surface area contributed by atoms with Crippen LogP contribution in [-0.4, -0.2) is 27.2 Å². The molecule has 1 unspecified atom stereocenters. The Morgan fingerprint density at radius 3 is 2.45 bits per heavy atom. The number of non-ortho nitro benzene ring substituents is 1. The first kappa shape index (κ1) is 16.6. The first-order valence-electron chi connectivity index (χ1n) is 6.46. The SMILES string of the molecule is CC(C)N1C=C(Oc2c(Cl)cc([N+](=O)[O-])cc2Cl)C=CC1O. The molecule has 0 aliphatic carbocycles. The Morgan fingerprint density at radius 2 is 1.95 bits per heavy atom. The highest BCUT2D eigenvalue weighted by molar-refractivity contribution is 6.37. The van der Waals surface area contributed by atoms with E-state index in [1.54, 1.807) is 23.3 Å². The van der Waals surface area contributed by atoms with Gasteiger partial charge in [0, 0.05) is 24.4 Å². The van der Waals surface area contributed by atoms with Crippen molar-refractivity contribution in [3.63, 3.8) is 0 Å². The van der Waals surface area contributed by atoms with E-state index in [2.05, 4.69) is 0 Å². The van der Waals surface area contributed by atoms with Crippen LogP contribution >= 0.6 is 23.2 Å². The van der Waals surface area contributed by atoms with Gasteiger partial charge in [0.1, 0.15) is 12.0 Å². The van der Waals surface area contributed by atoms with Gasteiger partial charge in [-0.25, -0.2) is 0 Å². The number of nitro benzene ring substituents is 1. The van der Waals surface area contributed by atoms with Gasteiger partial charge in [0.25, 0.3) is 5.69 Å². The average molecular weight is 345 g/mol. The summed E-state index contributed by atoms with van der Waals surface area (Å²) in [4.78, 5) is 11.8. The van der Waals surface area contributed by atoms with Gasteiger partial charge in [-0.3, -0.25) is 10.1 Å². The summed E-state index contributed by atoms with van der Waals surface area (Å²) in [5.41, 5.74) is -0.213. The minimum absolute atomic E-state index is 0.0377. The molecule has 22 heavy (non-hydrogen) atoms. The maximum absolute atomic E-state index is 10.8. The first-order chi connectivity index (χ1) is 10.3. The Hall–Kier alpha value is -1.76. The molecule has 0 radical (unpaired) electrons. The van der Waals surface area contributed by atoms with Crippen LogP contribution in [-0.2, 0) is 0 Å². The van der Waals surface area contributed by atoms with Gasteiger partial charge in [-0.2, -0.15) is 0 Å². The van der Waals surface area contributed by atoms with Crippen molar-refractivity contribution in [2.45, 2.75) is 26.1 Å². The summed E-state index contributed by atoms with van der Waals surface area (Å²) in [5, 5.41) is 20.7. The van der Waals surface area contributed by atoms with Crippen molar-refractivity contribution in [3.05, 3.63) is 56.4 Å². The van der Waals surface area contributed by atoms with Crippen LogP contribution in [0, 0.1) is 10.1 Å². The summed E-state index contributed by atoms with van der Waals surface area (Å²) >= 11 is 12.0. The van der Waals surface area contributed by atoms with Crippen LogP contribution < -0.4 is 4.74 Å². The molecule has 0 spiro atoms. The Kier molecular flexibility index (Phi) is 4.95. The third kappa shape index (κ3) is 3.52. The number of nitro groups is 1. The molecule has 1 aliphatic heterocycles. The molecule has 0 bridgehead atoms. The largest absolute Gasteiger partial charge is 0.453 e. The quantitative estimate of drug-likeness (QED) is 0.665. The minimum Gasteiger partial charge on any atom is -0.453 e. The maximum Gasteiger partial charge on any atom is 0.272 e. The van der Waals surface area contributed by atoms with Crippen molar-refractivity contribution < 1.29 is 14.8 Å². The highest BCUT2D eigenvalue weighted by Gasteiger charge is 2.21. The molecule has 1 aromatic carbocycles. The van der Waals surface area contributed by atoms with E-state index in [4.69, 9.17) is 27.9 Å². The summed E-state index contributed by atoms with van der Waals surface area (Å²) in [5.74, 6) is 0.543. The highest BCUT2D eigenvalue weighted by atomic mass is 35.5. The second-order valence-corrected chi connectivity index (χ2v) is 5.76. The normalized spacial score (nSPS) is 17.6. The molecule has 0 saturated heterocycles. The lowest BCUT2D eigenvalue weighted by atomic mass is 10.2. The average Bonchev–Trinajstić information content (AvgIpc) is 2.43. The molecular weight excluding hydrogens is 331 g/mol. The molecule has 1 aromatic rings. The van der Waals surface area contributed by atoms with Crippen molar-refractivity contribution in [2.75, 3.05) is 0 Å². The van der Waals surface area contributed by atoms with E-state index in [-0.39, 0.29) is 27.5 Å². The number of aliphatic hydroxyl groups excluding tert-OH is 1. The molecule has 0 fully saturated rings. The first-order valence-corrected chi connectivity index (χ1v) is 7.22. The predicted octanol–water partition coefficient (Wildman–Crippen LogP) is 3.72. The van der Waals surface area contributed by atoms with Crippen LogP contribution in [0.25, 0.3) is 0 Å². The summed E-state index contributed by atoms with van der Waals surface area (Å²) in [6, 6.07) is 2.40. The van der Waals surface area contributed by atoms with Crippen molar-refractivity contribution in [3.8, 4) is 5.75 Å². The number of hydrogen-bond donors (Lipinski definition) is 1. The number of benzene rings is 1. The van der Waals surface area contributed by atoms with Gasteiger partial charge in [0.05, 0.1) is 15.0 Å². The zero-order valence-corrected chi connectivity index (χ0v) is 13.4. The molecule has 118 valence electrons. The topological polar surface area (TPSA) is 75.8 Å². The predicted molar refractivity (Wildman–Crippen MR) is 83.9 cm³/mol. The molecule has 1 aliphatic rings. The van der Waals surface area contributed by atoms with Crippen LogP contribution in [0.4, 0.5) is 5.69 Å². The van der Waals surface area contributed by atoms with Crippen molar-refractivity contribution in [2.24, 2.45) is 0 Å². The second-order valence-electron chi connectivity index (χ2n) is 4.94. The van der Waals surface area contributed by atoms with Crippen molar-refractivity contribution in [1.29, 1.82) is 0 Å². The zero-order valence-electron chi connectivity index (χ0n) is 11.9. The fourth-order valence-electron chi connectivity index (χ4n) is 1.93. The lowest BCUT2D eigenvalue weighted by molar-refractivity contribution is -0.384. The summed E-state index contributed by atoms with van der Waals surface area (Å²) in [7, 11) is 0.